The fourth-order valence-corrected chi connectivity index (χ4v) is 3.54. The Morgan fingerprint density at radius 3 is 2.26 bits per heavy atom. The Hall–Kier alpha value is -3.29. The maximum absolute atomic E-state index is 12.0. The van der Waals surface area contributed by atoms with Crippen LogP contribution in [0, 0.1) is 5.21 Å². The van der Waals surface area contributed by atoms with E-state index in [9.17, 15) is 14.8 Å². The molecule has 1 aromatic heterocycles. The highest BCUT2D eigenvalue weighted by Crippen LogP contribution is 2.42. The zero-order chi connectivity index (χ0) is 23.0. The third kappa shape index (κ3) is 7.47. The van der Waals surface area contributed by atoms with Gasteiger partial charge >= 0.3 is 11.9 Å². The summed E-state index contributed by atoms with van der Waals surface area (Å²) in [5, 5.41) is 27.6. The molecular formula is C24H28N2O5. The van der Waals surface area contributed by atoms with Crippen molar-refractivity contribution in [3.8, 4) is 0 Å². The fraction of sp³-hybridized carbons (Fsp3) is 0.292. The molecule has 0 aliphatic heterocycles. The summed E-state index contributed by atoms with van der Waals surface area (Å²) in [5.41, 5.74) is 6.56. The van der Waals surface area contributed by atoms with Crippen molar-refractivity contribution in [2.45, 2.75) is 25.7 Å². The van der Waals surface area contributed by atoms with Gasteiger partial charge in [0.2, 0.25) is 0 Å². The topological polar surface area (TPSA) is 111 Å². The van der Waals surface area contributed by atoms with Crippen molar-refractivity contribution in [2.24, 2.45) is 0 Å². The first-order chi connectivity index (χ1) is 14.6. The number of benzene rings is 1. The number of aliphatic carboxylic acids is 2. The number of hydrogen-bond donors (Lipinski definition) is 2. The Morgan fingerprint density at radius 2 is 1.71 bits per heavy atom. The van der Waals surface area contributed by atoms with Crippen LogP contribution in [0.3, 0.4) is 0 Å². The molecule has 0 spiro atoms. The Labute approximate surface area is 182 Å². The molecule has 31 heavy (non-hydrogen) atoms. The molecule has 0 radical (unpaired) electrons. The van der Waals surface area contributed by atoms with Crippen LogP contribution in [0.25, 0.3) is 5.57 Å². The molecule has 1 aromatic carbocycles. The van der Waals surface area contributed by atoms with Crippen LogP contribution in [0.4, 0.5) is 0 Å². The summed E-state index contributed by atoms with van der Waals surface area (Å²) in [5.74, 6) is -2.27. The minimum atomic E-state index is -1.26. The molecule has 2 aromatic rings. The van der Waals surface area contributed by atoms with E-state index >= 15 is 0 Å². The summed E-state index contributed by atoms with van der Waals surface area (Å²) >= 11 is 0. The molecule has 1 aliphatic rings. The molecule has 164 valence electrons. The van der Waals surface area contributed by atoms with Crippen LogP contribution in [-0.4, -0.2) is 52.4 Å². The van der Waals surface area contributed by atoms with Crippen LogP contribution in [0.15, 0.2) is 66.4 Å². The molecule has 7 nitrogen and oxygen atoms in total. The highest BCUT2D eigenvalue weighted by Gasteiger charge is 2.27. The maximum Gasteiger partial charge on any atom is 0.328 e. The second-order valence-corrected chi connectivity index (χ2v) is 7.88. The summed E-state index contributed by atoms with van der Waals surface area (Å²) in [6, 6.07) is 14.7. The number of fused-ring (bicyclic) bond motifs is 1. The second-order valence-electron chi connectivity index (χ2n) is 7.88. The molecule has 0 saturated heterocycles. The predicted octanol–water partition coefficient (Wildman–Crippen LogP) is 3.87. The largest absolute Gasteiger partial charge is 0.633 e. The van der Waals surface area contributed by atoms with Gasteiger partial charge in [0.25, 0.3) is 0 Å². The second kappa shape index (κ2) is 10.7. The van der Waals surface area contributed by atoms with Gasteiger partial charge in [0, 0.05) is 36.4 Å². The van der Waals surface area contributed by atoms with Crippen LogP contribution in [0.5, 0.6) is 0 Å². The van der Waals surface area contributed by atoms with Crippen LogP contribution in [-0.2, 0) is 16.0 Å². The quantitative estimate of drug-likeness (QED) is 0.397. The molecular weight excluding hydrogens is 396 g/mol. The van der Waals surface area contributed by atoms with E-state index in [0.717, 1.165) is 18.5 Å². The fourth-order valence-electron chi connectivity index (χ4n) is 3.54. The molecule has 1 aliphatic carbocycles. The third-order valence-electron chi connectivity index (χ3n) is 4.98. The molecule has 1 atom stereocenters. The standard InChI is InChI=1S/C20H24N2O.C4H4O4/c1-15(19-10-6-7-12-21-19)20-17(11-13-22(2,3)23)14-16-8-4-5-9-18(16)20;5-3(6)1-2-4(7)8/h4-10,12,15H,11,13-14H2,1-3H3;1-2H,(H,5,6)(H,7,8). The van der Waals surface area contributed by atoms with Gasteiger partial charge < -0.3 is 20.1 Å². The number of hydroxylamine groups is 3. The van der Waals surface area contributed by atoms with Gasteiger partial charge in [0.05, 0.1) is 20.6 Å². The minimum absolute atomic E-state index is 0.245. The molecule has 1 heterocycles. The number of hydrogen-bond acceptors (Lipinski definition) is 4. The monoisotopic (exact) mass is 424 g/mol. The average molecular weight is 424 g/mol. The van der Waals surface area contributed by atoms with Crippen LogP contribution in [0.1, 0.15) is 36.1 Å². The first-order valence-electron chi connectivity index (χ1n) is 9.97. The van der Waals surface area contributed by atoms with Crippen molar-refractivity contribution in [1.29, 1.82) is 0 Å². The summed E-state index contributed by atoms with van der Waals surface area (Å²) < 4.78 is -0.245. The van der Waals surface area contributed by atoms with Gasteiger partial charge in [-0.1, -0.05) is 42.8 Å². The Bertz CT molecular complexity index is 959. The number of nitrogens with zero attached hydrogens (tertiary/aromatic N) is 2. The van der Waals surface area contributed by atoms with E-state index in [0.29, 0.717) is 18.7 Å². The summed E-state index contributed by atoms with van der Waals surface area (Å²) in [4.78, 5) is 23.6. The maximum atomic E-state index is 12.0. The number of aromatic nitrogens is 1. The summed E-state index contributed by atoms with van der Waals surface area (Å²) in [7, 11) is 3.43. The van der Waals surface area contributed by atoms with E-state index in [1.54, 1.807) is 14.1 Å². The van der Waals surface area contributed by atoms with Crippen molar-refractivity contribution >= 4 is 17.5 Å². The van der Waals surface area contributed by atoms with Gasteiger partial charge in [0.15, 0.2) is 0 Å². The average Bonchev–Trinajstić information content (AvgIpc) is 3.09. The molecule has 0 bridgehead atoms. The lowest BCUT2D eigenvalue weighted by molar-refractivity contribution is -0.839. The lowest BCUT2D eigenvalue weighted by atomic mass is 9.89. The van der Waals surface area contributed by atoms with E-state index in [2.05, 4.69) is 42.2 Å². The first kappa shape index (κ1) is 24.0. The van der Waals surface area contributed by atoms with E-state index in [-0.39, 0.29) is 10.6 Å². The van der Waals surface area contributed by atoms with E-state index in [1.807, 2.05) is 18.3 Å². The highest BCUT2D eigenvalue weighted by atomic mass is 16.5. The van der Waals surface area contributed by atoms with Crippen LogP contribution >= 0.6 is 0 Å². The third-order valence-corrected chi connectivity index (χ3v) is 4.98. The van der Waals surface area contributed by atoms with Crippen molar-refractivity contribution in [2.75, 3.05) is 20.6 Å². The Balaban J connectivity index is 0.000000366. The first-order valence-corrected chi connectivity index (χ1v) is 9.97. The van der Waals surface area contributed by atoms with Gasteiger partial charge in [-0.3, -0.25) is 4.98 Å². The summed E-state index contributed by atoms with van der Waals surface area (Å²) in [6.07, 6.45) is 4.77. The van der Waals surface area contributed by atoms with Crippen LogP contribution < -0.4 is 0 Å². The predicted molar refractivity (Wildman–Crippen MR) is 119 cm³/mol. The van der Waals surface area contributed by atoms with Crippen molar-refractivity contribution < 1.29 is 24.4 Å². The number of allylic oxidation sites excluding steroid dienone is 1. The normalized spacial score (nSPS) is 14.1. The number of carbonyl (C=O) groups is 2. The molecule has 7 heteroatoms. The van der Waals surface area contributed by atoms with E-state index < -0.39 is 11.9 Å². The molecule has 2 N–H and O–H groups in total. The zero-order valence-corrected chi connectivity index (χ0v) is 18.0. The summed E-state index contributed by atoms with van der Waals surface area (Å²) in [6.45, 7) is 2.83. The van der Waals surface area contributed by atoms with Crippen LogP contribution in [0.2, 0.25) is 0 Å². The van der Waals surface area contributed by atoms with Crippen molar-refractivity contribution in [3.63, 3.8) is 0 Å². The lowest BCUT2D eigenvalue weighted by Crippen LogP contribution is -2.33. The highest BCUT2D eigenvalue weighted by molar-refractivity contribution is 5.89. The lowest BCUT2D eigenvalue weighted by Gasteiger charge is -2.34. The van der Waals surface area contributed by atoms with Gasteiger partial charge in [-0.05, 0) is 35.3 Å². The smallest absolute Gasteiger partial charge is 0.328 e. The molecule has 3 rings (SSSR count). The van der Waals surface area contributed by atoms with Crippen molar-refractivity contribution in [1.82, 2.24) is 4.98 Å². The van der Waals surface area contributed by atoms with E-state index in [4.69, 9.17) is 10.2 Å². The van der Waals surface area contributed by atoms with Crippen molar-refractivity contribution in [3.05, 3.63) is 88.4 Å². The van der Waals surface area contributed by atoms with Gasteiger partial charge in [-0.15, -0.1) is 0 Å². The number of pyridine rings is 1. The Morgan fingerprint density at radius 1 is 1.10 bits per heavy atom. The molecule has 0 fully saturated rings. The zero-order valence-electron chi connectivity index (χ0n) is 18.0. The Kier molecular flexibility index (Phi) is 8.24. The van der Waals surface area contributed by atoms with E-state index in [1.165, 1.54) is 22.3 Å². The van der Waals surface area contributed by atoms with Gasteiger partial charge in [0.1, 0.15) is 0 Å². The number of carboxylic acids is 2. The SMILES string of the molecule is CC(C1=C(CC[N+](C)(C)[O-])Cc2ccccc21)c1ccccn1.O=C(O)C=CC(=O)O. The number of rotatable bonds is 7. The molecule has 0 amide bonds. The molecule has 1 unspecified atom stereocenters. The van der Waals surface area contributed by atoms with Gasteiger partial charge in [-0.2, -0.15) is 0 Å². The minimum Gasteiger partial charge on any atom is -0.633 e. The van der Waals surface area contributed by atoms with Gasteiger partial charge in [-0.25, -0.2) is 9.59 Å². The number of carboxylic acid groups (broad SMARTS) is 2. The number of quaternary nitrogens is 1. The molecule has 0 saturated carbocycles.